The number of β-amino-alcohol motifs (C(OH)–C–C–N with tert-alkyl or cyclic N) is 1. The first-order valence-electron chi connectivity index (χ1n) is 7.59. The number of methoxy groups -OCH3 is 1. The van der Waals surface area contributed by atoms with E-state index in [0.29, 0.717) is 19.5 Å². The van der Waals surface area contributed by atoms with Gasteiger partial charge in [0.25, 0.3) is 0 Å². The second kappa shape index (κ2) is 6.78. The lowest BCUT2D eigenvalue weighted by Crippen LogP contribution is -2.36. The smallest absolute Gasteiger partial charge is 0.323 e. The summed E-state index contributed by atoms with van der Waals surface area (Å²) in [7, 11) is 1.38. The Morgan fingerprint density at radius 3 is 3.00 bits per heavy atom. The van der Waals surface area contributed by atoms with Gasteiger partial charge in [-0.05, 0) is 12.5 Å². The molecular formula is C17H20N2O3S. The van der Waals surface area contributed by atoms with Gasteiger partial charge in [0.2, 0.25) is 0 Å². The molecule has 5 nitrogen and oxygen atoms in total. The van der Waals surface area contributed by atoms with Gasteiger partial charge < -0.3 is 9.84 Å². The summed E-state index contributed by atoms with van der Waals surface area (Å²) in [5.74, 6) is -0.287. The highest BCUT2D eigenvalue weighted by atomic mass is 32.1. The number of aromatic nitrogens is 1. The Kier molecular flexibility index (Phi) is 4.75. The van der Waals surface area contributed by atoms with E-state index in [0.717, 1.165) is 15.4 Å². The van der Waals surface area contributed by atoms with E-state index in [-0.39, 0.29) is 12.0 Å². The molecule has 1 aliphatic heterocycles. The molecule has 122 valence electrons. The van der Waals surface area contributed by atoms with Gasteiger partial charge >= 0.3 is 5.97 Å². The maximum Gasteiger partial charge on any atom is 0.323 e. The summed E-state index contributed by atoms with van der Waals surface area (Å²) in [6, 6.07) is 7.78. The van der Waals surface area contributed by atoms with Crippen molar-refractivity contribution in [3.63, 3.8) is 0 Å². The van der Waals surface area contributed by atoms with Crippen LogP contribution in [0, 0.1) is 6.92 Å². The molecule has 1 aromatic carbocycles. The Morgan fingerprint density at radius 2 is 2.26 bits per heavy atom. The minimum Gasteiger partial charge on any atom is -0.468 e. The highest BCUT2D eigenvalue weighted by Crippen LogP contribution is 2.30. The minimum absolute atomic E-state index is 0.287. The molecule has 6 heteroatoms. The fourth-order valence-corrected chi connectivity index (χ4v) is 3.98. The summed E-state index contributed by atoms with van der Waals surface area (Å²) in [6.07, 6.45) is 1.80. The number of carbonyl (C=O) groups is 1. The molecule has 0 radical (unpaired) electrons. The van der Waals surface area contributed by atoms with E-state index in [1.165, 1.54) is 12.7 Å². The van der Waals surface area contributed by atoms with Crippen LogP contribution in [0.2, 0.25) is 0 Å². The number of thiazole rings is 1. The first-order chi connectivity index (χ1) is 11.1. The van der Waals surface area contributed by atoms with Crippen molar-refractivity contribution in [2.45, 2.75) is 32.0 Å². The maximum atomic E-state index is 11.8. The molecule has 0 aliphatic carbocycles. The van der Waals surface area contributed by atoms with Crippen molar-refractivity contribution in [1.82, 2.24) is 9.88 Å². The molecule has 0 bridgehead atoms. The number of esters is 1. The molecule has 1 N–H and O–H groups in total. The van der Waals surface area contributed by atoms with Gasteiger partial charge in [-0.25, -0.2) is 4.98 Å². The zero-order valence-electron chi connectivity index (χ0n) is 13.2. The van der Waals surface area contributed by atoms with Gasteiger partial charge in [0.1, 0.15) is 11.0 Å². The third-order valence-corrected chi connectivity index (χ3v) is 5.16. The lowest BCUT2D eigenvalue weighted by atomic mass is 10.1. The van der Waals surface area contributed by atoms with Crippen molar-refractivity contribution in [2.75, 3.05) is 13.7 Å². The number of rotatable bonds is 4. The minimum atomic E-state index is -0.483. The van der Waals surface area contributed by atoms with Gasteiger partial charge in [-0.3, -0.25) is 9.69 Å². The number of hydrogen-bond acceptors (Lipinski definition) is 6. The van der Waals surface area contributed by atoms with Gasteiger partial charge in [-0.15, -0.1) is 11.3 Å². The number of nitrogens with zero attached hydrogens (tertiary/aromatic N) is 2. The van der Waals surface area contributed by atoms with Crippen LogP contribution in [-0.2, 0) is 16.1 Å². The van der Waals surface area contributed by atoms with Gasteiger partial charge in [0.05, 0.1) is 13.2 Å². The number of hydrogen-bond donors (Lipinski definition) is 1. The number of likely N-dealkylation sites (tertiary alicyclic amines) is 1. The van der Waals surface area contributed by atoms with Crippen LogP contribution in [0.1, 0.15) is 16.9 Å². The van der Waals surface area contributed by atoms with Crippen molar-refractivity contribution in [2.24, 2.45) is 0 Å². The average molecular weight is 332 g/mol. The molecule has 0 saturated carbocycles. The third kappa shape index (κ3) is 3.44. The number of aliphatic hydroxyl groups is 1. The lowest BCUT2D eigenvalue weighted by Gasteiger charge is -2.20. The largest absolute Gasteiger partial charge is 0.468 e. The highest BCUT2D eigenvalue weighted by molar-refractivity contribution is 7.15. The van der Waals surface area contributed by atoms with Crippen LogP contribution in [0.25, 0.3) is 10.6 Å². The first-order valence-corrected chi connectivity index (χ1v) is 8.40. The van der Waals surface area contributed by atoms with Crippen molar-refractivity contribution in [1.29, 1.82) is 0 Å². The van der Waals surface area contributed by atoms with E-state index in [9.17, 15) is 9.90 Å². The SMILES string of the molecule is COC(=O)C1CC(O)CN1Cc1cnc(-c2ccccc2C)s1. The monoisotopic (exact) mass is 332 g/mol. The highest BCUT2D eigenvalue weighted by Gasteiger charge is 2.36. The third-order valence-electron chi connectivity index (χ3n) is 4.14. The lowest BCUT2D eigenvalue weighted by molar-refractivity contribution is -0.146. The number of aryl methyl sites for hydroxylation is 1. The van der Waals surface area contributed by atoms with Crippen LogP contribution in [0.15, 0.2) is 30.5 Å². The van der Waals surface area contributed by atoms with Gasteiger partial charge in [0, 0.05) is 36.1 Å². The Balaban J connectivity index is 1.76. The molecule has 0 spiro atoms. The molecule has 2 aromatic rings. The molecule has 3 rings (SSSR count). The van der Waals surface area contributed by atoms with Gasteiger partial charge in [-0.2, -0.15) is 0 Å². The van der Waals surface area contributed by atoms with Crippen molar-refractivity contribution in [3.05, 3.63) is 40.9 Å². The summed E-state index contributed by atoms with van der Waals surface area (Å²) >= 11 is 1.62. The molecule has 23 heavy (non-hydrogen) atoms. The van der Waals surface area contributed by atoms with Gasteiger partial charge in [-0.1, -0.05) is 24.3 Å². The summed E-state index contributed by atoms with van der Waals surface area (Å²) in [4.78, 5) is 19.4. The molecule has 1 fully saturated rings. The molecule has 1 aliphatic rings. The van der Waals surface area contributed by atoms with Gasteiger partial charge in [0.15, 0.2) is 0 Å². The zero-order chi connectivity index (χ0) is 16.4. The second-order valence-electron chi connectivity index (χ2n) is 5.80. The Labute approximate surface area is 139 Å². The molecule has 0 amide bonds. The van der Waals surface area contributed by atoms with Crippen molar-refractivity contribution < 1.29 is 14.6 Å². The van der Waals surface area contributed by atoms with Crippen LogP contribution in [0.5, 0.6) is 0 Å². The Morgan fingerprint density at radius 1 is 1.48 bits per heavy atom. The molecule has 2 heterocycles. The predicted octanol–water partition coefficient (Wildman–Crippen LogP) is 2.23. The number of benzene rings is 1. The van der Waals surface area contributed by atoms with E-state index in [1.54, 1.807) is 11.3 Å². The Hall–Kier alpha value is -1.76. The summed E-state index contributed by atoms with van der Waals surface area (Å²) in [5.41, 5.74) is 2.33. The molecule has 1 aromatic heterocycles. The molecule has 2 unspecified atom stereocenters. The van der Waals surface area contributed by atoms with Crippen LogP contribution in [0.4, 0.5) is 0 Å². The topological polar surface area (TPSA) is 62.7 Å². The number of ether oxygens (including phenoxy) is 1. The van der Waals surface area contributed by atoms with Crippen LogP contribution in [0.3, 0.4) is 0 Å². The quantitative estimate of drug-likeness (QED) is 0.870. The summed E-state index contributed by atoms with van der Waals surface area (Å²) in [6.45, 7) is 3.15. The fourth-order valence-electron chi connectivity index (χ4n) is 2.95. The van der Waals surface area contributed by atoms with Crippen LogP contribution < -0.4 is 0 Å². The number of carbonyl (C=O) groups excluding carboxylic acids is 1. The second-order valence-corrected chi connectivity index (χ2v) is 6.92. The predicted molar refractivity (Wildman–Crippen MR) is 89.1 cm³/mol. The van der Waals surface area contributed by atoms with E-state index in [4.69, 9.17) is 4.74 Å². The molecule has 2 atom stereocenters. The fraction of sp³-hybridized carbons (Fsp3) is 0.412. The van der Waals surface area contributed by atoms with E-state index in [2.05, 4.69) is 24.0 Å². The van der Waals surface area contributed by atoms with E-state index < -0.39 is 6.10 Å². The van der Waals surface area contributed by atoms with Crippen LogP contribution >= 0.6 is 11.3 Å². The number of aliphatic hydroxyl groups excluding tert-OH is 1. The first kappa shape index (κ1) is 16.1. The summed E-state index contributed by atoms with van der Waals surface area (Å²) in [5, 5.41) is 10.8. The van der Waals surface area contributed by atoms with E-state index in [1.807, 2.05) is 23.2 Å². The zero-order valence-corrected chi connectivity index (χ0v) is 14.0. The summed E-state index contributed by atoms with van der Waals surface area (Å²) < 4.78 is 4.84. The normalized spacial score (nSPS) is 21.5. The molecular weight excluding hydrogens is 312 g/mol. The van der Waals surface area contributed by atoms with Crippen molar-refractivity contribution >= 4 is 17.3 Å². The molecule has 1 saturated heterocycles. The Bertz CT molecular complexity index is 701. The maximum absolute atomic E-state index is 11.8. The van der Waals surface area contributed by atoms with E-state index >= 15 is 0 Å². The standard InChI is InChI=1S/C17H20N2O3S/c1-11-5-3-4-6-14(11)16-18-8-13(23-16)10-19-9-12(20)7-15(19)17(21)22-2/h3-6,8,12,15,20H,7,9-10H2,1-2H3. The van der Waals surface area contributed by atoms with Crippen LogP contribution in [-0.4, -0.2) is 46.8 Å². The average Bonchev–Trinajstić information content (AvgIpc) is 3.14. The van der Waals surface area contributed by atoms with Crippen molar-refractivity contribution in [3.8, 4) is 10.6 Å².